The summed E-state index contributed by atoms with van der Waals surface area (Å²) < 4.78 is 0. The normalized spacial score (nSPS) is 40.9. The van der Waals surface area contributed by atoms with Gasteiger partial charge in [0.1, 0.15) is 5.60 Å². The van der Waals surface area contributed by atoms with Gasteiger partial charge in [-0.25, -0.2) is 0 Å². The highest BCUT2D eigenvalue weighted by atomic mass is 16.3. The van der Waals surface area contributed by atoms with Crippen LogP contribution in [0.4, 0.5) is 0 Å². The summed E-state index contributed by atoms with van der Waals surface area (Å²) in [5.41, 5.74) is 0.603. The van der Waals surface area contributed by atoms with E-state index < -0.39 is 5.60 Å². The summed E-state index contributed by atoms with van der Waals surface area (Å²) in [6.45, 7) is 4.69. The van der Waals surface area contributed by atoms with Gasteiger partial charge in [0, 0.05) is 18.4 Å². The first-order valence-electron chi connectivity index (χ1n) is 13.6. The Hall–Kier alpha value is -2.17. The van der Waals surface area contributed by atoms with Gasteiger partial charge in [0.25, 0.3) is 0 Å². The second-order valence-electron chi connectivity index (χ2n) is 12.4. The number of benzene rings is 2. The number of hydrogen-bond donors (Lipinski definition) is 3. The van der Waals surface area contributed by atoms with Crippen LogP contribution in [0.3, 0.4) is 0 Å². The fraction of sp³-hybridized carbons (Fsp3) is 0.581. The molecule has 3 N–H and O–H groups in total. The standard InChI is InChI=1S/C31H39NO3/c1-29-18-16-27(34)32-25(29)19-24(28-22-13-14-26(33)30(22,2)17-15-23(28)29)31(35,20-9-5-3-6-10-20)21-11-7-4-8-12-21/h3-12,22-26,28,33,35H,13-19H2,1-2H3,(H,32,34)/t22-,23-,24-,25+,26-,28-,29+,30-/m0/s1. The van der Waals surface area contributed by atoms with Crippen molar-refractivity contribution in [3.05, 3.63) is 71.8 Å². The predicted molar refractivity (Wildman–Crippen MR) is 136 cm³/mol. The van der Waals surface area contributed by atoms with Crippen molar-refractivity contribution in [1.82, 2.24) is 5.32 Å². The Balaban J connectivity index is 1.55. The largest absolute Gasteiger partial charge is 0.393 e. The zero-order valence-electron chi connectivity index (χ0n) is 21.0. The van der Waals surface area contributed by atoms with Gasteiger partial charge in [-0.2, -0.15) is 0 Å². The molecule has 0 unspecified atom stereocenters. The first-order chi connectivity index (χ1) is 16.8. The van der Waals surface area contributed by atoms with Gasteiger partial charge in [0.15, 0.2) is 0 Å². The Labute approximate surface area is 209 Å². The van der Waals surface area contributed by atoms with Gasteiger partial charge < -0.3 is 15.5 Å². The molecule has 0 bridgehead atoms. The van der Waals surface area contributed by atoms with E-state index in [0.29, 0.717) is 18.3 Å². The molecule has 0 aromatic heterocycles. The molecule has 8 atom stereocenters. The average molecular weight is 474 g/mol. The molecule has 4 heteroatoms. The number of rotatable bonds is 3. The maximum atomic E-state index is 13.0. The molecule has 3 saturated carbocycles. The second kappa shape index (κ2) is 8.18. The quantitative estimate of drug-likeness (QED) is 0.586. The minimum atomic E-state index is -1.17. The number of carbonyl (C=O) groups excluding carboxylic acids is 1. The van der Waals surface area contributed by atoms with Crippen molar-refractivity contribution in [2.75, 3.05) is 0 Å². The lowest BCUT2D eigenvalue weighted by molar-refractivity contribution is -0.175. The molecule has 35 heavy (non-hydrogen) atoms. The third kappa shape index (κ3) is 3.29. The molecule has 2 aromatic rings. The van der Waals surface area contributed by atoms with E-state index in [4.69, 9.17) is 0 Å². The third-order valence-electron chi connectivity index (χ3n) is 11.1. The number of nitrogens with one attached hydrogen (secondary N) is 1. The van der Waals surface area contributed by atoms with Crippen LogP contribution in [0.15, 0.2) is 60.7 Å². The maximum Gasteiger partial charge on any atom is 0.220 e. The molecular weight excluding hydrogens is 434 g/mol. The molecule has 1 saturated heterocycles. The summed E-state index contributed by atoms with van der Waals surface area (Å²) in [7, 11) is 0. The van der Waals surface area contributed by atoms with Gasteiger partial charge in [0.2, 0.25) is 5.91 Å². The number of carbonyl (C=O) groups is 1. The molecule has 1 heterocycles. The first kappa shape index (κ1) is 23.2. The van der Waals surface area contributed by atoms with Gasteiger partial charge in [-0.15, -0.1) is 0 Å². The molecule has 0 radical (unpaired) electrons. The van der Waals surface area contributed by atoms with Crippen molar-refractivity contribution in [3.63, 3.8) is 0 Å². The van der Waals surface area contributed by atoms with Crippen molar-refractivity contribution in [2.24, 2.45) is 34.5 Å². The molecule has 1 aliphatic heterocycles. The van der Waals surface area contributed by atoms with Crippen LogP contribution in [0, 0.1) is 34.5 Å². The SMILES string of the molecule is C[C@]12CCC(=O)N[C@@H]1C[C@H](C(O)(c1ccccc1)c1ccccc1)[C@@H]1[C@@H]2CC[C@]2(C)[C@@H](O)CC[C@@H]12. The Bertz CT molecular complexity index is 1050. The number of amides is 1. The van der Waals surface area contributed by atoms with Gasteiger partial charge in [-0.1, -0.05) is 74.5 Å². The van der Waals surface area contributed by atoms with Crippen LogP contribution in [0.1, 0.15) is 69.9 Å². The number of aliphatic hydroxyl groups excluding tert-OH is 1. The summed E-state index contributed by atoms with van der Waals surface area (Å²) in [5.74, 6) is 1.16. The summed E-state index contributed by atoms with van der Waals surface area (Å²) in [6.07, 6.45) is 5.93. The predicted octanol–water partition coefficient (Wildman–Crippen LogP) is 5.03. The van der Waals surface area contributed by atoms with Crippen LogP contribution < -0.4 is 5.32 Å². The lowest BCUT2D eigenvalue weighted by atomic mass is 9.43. The molecular formula is C31H39NO3. The van der Waals surface area contributed by atoms with E-state index in [-0.39, 0.29) is 40.7 Å². The minimum Gasteiger partial charge on any atom is -0.393 e. The van der Waals surface area contributed by atoms with Crippen LogP contribution in [0.5, 0.6) is 0 Å². The fourth-order valence-electron chi connectivity index (χ4n) is 9.10. The molecule has 4 nitrogen and oxygen atoms in total. The van der Waals surface area contributed by atoms with Gasteiger partial charge in [0.05, 0.1) is 6.10 Å². The van der Waals surface area contributed by atoms with Crippen LogP contribution in [0.2, 0.25) is 0 Å². The first-order valence-corrected chi connectivity index (χ1v) is 13.6. The highest BCUT2D eigenvalue weighted by Crippen LogP contribution is 2.67. The van der Waals surface area contributed by atoms with E-state index in [0.717, 1.165) is 49.7 Å². The molecule has 4 fully saturated rings. The highest BCUT2D eigenvalue weighted by molar-refractivity contribution is 5.77. The van der Waals surface area contributed by atoms with E-state index >= 15 is 0 Å². The molecule has 186 valence electrons. The topological polar surface area (TPSA) is 69.6 Å². The summed E-state index contributed by atoms with van der Waals surface area (Å²) in [4.78, 5) is 12.6. The van der Waals surface area contributed by atoms with Gasteiger partial charge in [-0.05, 0) is 78.2 Å². The lowest BCUT2D eigenvalue weighted by Crippen LogP contribution is -2.66. The van der Waals surface area contributed by atoms with E-state index in [9.17, 15) is 15.0 Å². The average Bonchev–Trinajstić information content (AvgIpc) is 3.19. The summed E-state index contributed by atoms with van der Waals surface area (Å²) >= 11 is 0. The molecule has 2 aromatic carbocycles. The van der Waals surface area contributed by atoms with E-state index in [1.807, 2.05) is 36.4 Å². The van der Waals surface area contributed by atoms with E-state index in [1.165, 1.54) is 0 Å². The van der Waals surface area contributed by atoms with Gasteiger partial charge in [-0.3, -0.25) is 4.79 Å². The monoisotopic (exact) mass is 473 g/mol. The number of aliphatic hydroxyl groups is 2. The molecule has 1 amide bonds. The van der Waals surface area contributed by atoms with Crippen molar-refractivity contribution >= 4 is 5.91 Å². The van der Waals surface area contributed by atoms with Crippen molar-refractivity contribution in [1.29, 1.82) is 0 Å². The third-order valence-corrected chi connectivity index (χ3v) is 11.1. The van der Waals surface area contributed by atoms with Crippen LogP contribution in [-0.2, 0) is 10.4 Å². The number of fused-ring (bicyclic) bond motifs is 5. The van der Waals surface area contributed by atoms with Crippen molar-refractivity contribution < 1.29 is 15.0 Å². The summed E-state index contributed by atoms with van der Waals surface area (Å²) in [5, 5.41) is 27.4. The van der Waals surface area contributed by atoms with Crippen LogP contribution in [-0.4, -0.2) is 28.3 Å². The molecule has 6 rings (SSSR count). The Kier molecular flexibility index (Phi) is 5.43. The Morgan fingerprint density at radius 1 is 0.857 bits per heavy atom. The molecule has 3 aliphatic carbocycles. The molecule has 4 aliphatic rings. The zero-order valence-corrected chi connectivity index (χ0v) is 21.0. The van der Waals surface area contributed by atoms with Crippen molar-refractivity contribution in [2.45, 2.75) is 76.5 Å². The highest BCUT2D eigenvalue weighted by Gasteiger charge is 2.65. The lowest BCUT2D eigenvalue weighted by Gasteiger charge is -2.64. The fourth-order valence-corrected chi connectivity index (χ4v) is 9.10. The summed E-state index contributed by atoms with van der Waals surface area (Å²) in [6, 6.07) is 20.3. The number of hydrogen-bond acceptors (Lipinski definition) is 3. The van der Waals surface area contributed by atoms with Crippen LogP contribution >= 0.6 is 0 Å². The van der Waals surface area contributed by atoms with Crippen molar-refractivity contribution in [3.8, 4) is 0 Å². The number of piperidine rings is 1. The van der Waals surface area contributed by atoms with Crippen LogP contribution in [0.25, 0.3) is 0 Å². The molecule has 0 spiro atoms. The van der Waals surface area contributed by atoms with E-state index in [2.05, 4.69) is 43.4 Å². The Morgan fingerprint density at radius 2 is 1.46 bits per heavy atom. The second-order valence-corrected chi connectivity index (χ2v) is 12.4. The van der Waals surface area contributed by atoms with E-state index in [1.54, 1.807) is 0 Å². The minimum absolute atomic E-state index is 0.0260. The van der Waals surface area contributed by atoms with Gasteiger partial charge >= 0.3 is 0 Å². The Morgan fingerprint density at radius 3 is 2.09 bits per heavy atom. The smallest absolute Gasteiger partial charge is 0.220 e. The maximum absolute atomic E-state index is 13.0. The zero-order chi connectivity index (χ0) is 24.4.